The maximum atomic E-state index is 6.08. The Morgan fingerprint density at radius 1 is 0.955 bits per heavy atom. The molecule has 2 aromatic carbocycles. The number of nitrogen functional groups attached to an aromatic ring is 1. The molecular weight excluding hydrogens is 276 g/mol. The van der Waals surface area contributed by atoms with Gasteiger partial charge in [0.15, 0.2) is 0 Å². The van der Waals surface area contributed by atoms with Crippen LogP contribution in [0, 0.1) is 0 Å². The molecule has 2 heterocycles. The van der Waals surface area contributed by atoms with Crippen LogP contribution in [-0.4, -0.2) is 6.10 Å². The van der Waals surface area contributed by atoms with Crippen LogP contribution >= 0.6 is 0 Å². The highest BCUT2D eigenvalue weighted by atomic mass is 16.5. The number of benzene rings is 2. The van der Waals surface area contributed by atoms with Crippen molar-refractivity contribution in [1.82, 2.24) is 0 Å². The van der Waals surface area contributed by atoms with E-state index in [2.05, 4.69) is 12.1 Å². The first-order valence-electron chi connectivity index (χ1n) is 7.28. The van der Waals surface area contributed by atoms with Gasteiger partial charge in [-0.05, 0) is 30.3 Å². The van der Waals surface area contributed by atoms with Crippen LogP contribution in [-0.2, 0) is 0 Å². The molecule has 0 saturated carbocycles. The van der Waals surface area contributed by atoms with Crippen molar-refractivity contribution in [2.24, 2.45) is 5.73 Å². The van der Waals surface area contributed by atoms with Gasteiger partial charge >= 0.3 is 0 Å². The third-order valence-electron chi connectivity index (χ3n) is 4.42. The minimum Gasteiger partial charge on any atom is -0.485 e. The summed E-state index contributed by atoms with van der Waals surface area (Å²) in [5.74, 6) is 0.895. The van der Waals surface area contributed by atoms with Crippen LogP contribution in [0.5, 0.6) is 5.75 Å². The zero-order valence-corrected chi connectivity index (χ0v) is 11.8. The van der Waals surface area contributed by atoms with Crippen LogP contribution < -0.4 is 16.2 Å². The Kier molecular flexibility index (Phi) is 2.06. The van der Waals surface area contributed by atoms with Crippen molar-refractivity contribution in [1.29, 1.82) is 0 Å². The average molecular weight is 290 g/mol. The number of fused-ring (bicyclic) bond motifs is 6. The molecule has 0 fully saturated rings. The van der Waals surface area contributed by atoms with Gasteiger partial charge in [0.05, 0.1) is 0 Å². The van der Waals surface area contributed by atoms with E-state index in [0.29, 0.717) is 5.69 Å². The van der Waals surface area contributed by atoms with Crippen molar-refractivity contribution in [2.45, 2.75) is 12.5 Å². The minimum absolute atomic E-state index is 0.0217. The fraction of sp³-hybridized carbons (Fsp3) is 0.111. The number of hydrogen-bond donors (Lipinski definition) is 2. The van der Waals surface area contributed by atoms with E-state index < -0.39 is 0 Å². The quantitative estimate of drug-likeness (QED) is 0.621. The number of furan rings is 1. The number of ether oxygens (including phenoxy) is 1. The van der Waals surface area contributed by atoms with E-state index >= 15 is 0 Å². The molecule has 1 unspecified atom stereocenters. The summed E-state index contributed by atoms with van der Waals surface area (Å²) in [6.45, 7) is 0. The van der Waals surface area contributed by atoms with E-state index in [4.69, 9.17) is 20.6 Å². The lowest BCUT2D eigenvalue weighted by molar-refractivity contribution is 0.275. The molecule has 0 spiro atoms. The number of nitrogens with two attached hydrogens (primary N) is 2. The molecule has 0 radical (unpaired) electrons. The van der Waals surface area contributed by atoms with E-state index in [1.54, 1.807) is 0 Å². The van der Waals surface area contributed by atoms with Gasteiger partial charge in [-0.3, -0.25) is 0 Å². The number of hydrogen-bond acceptors (Lipinski definition) is 4. The smallest absolute Gasteiger partial charge is 0.137 e. The predicted molar refractivity (Wildman–Crippen MR) is 87.4 cm³/mol. The average Bonchev–Trinajstić information content (AvgIpc) is 3.00. The van der Waals surface area contributed by atoms with E-state index in [1.807, 2.05) is 30.4 Å². The van der Waals surface area contributed by atoms with Crippen molar-refractivity contribution >= 4 is 33.2 Å². The van der Waals surface area contributed by atoms with Gasteiger partial charge in [-0.25, -0.2) is 0 Å². The summed E-state index contributed by atoms with van der Waals surface area (Å²) in [7, 11) is 0. The molecule has 4 nitrogen and oxygen atoms in total. The van der Waals surface area contributed by atoms with Crippen LogP contribution in [0.1, 0.15) is 12.0 Å². The normalized spacial score (nSPS) is 19.5. The van der Waals surface area contributed by atoms with E-state index in [1.165, 1.54) is 5.57 Å². The van der Waals surface area contributed by atoms with Gasteiger partial charge in [0.25, 0.3) is 0 Å². The SMILES string of the molecule is NC1=CC=C2c3cc4oc5cc(N)ccc5c4cc3OC2C1. The highest BCUT2D eigenvalue weighted by molar-refractivity contribution is 6.07. The molecule has 4 heteroatoms. The van der Waals surface area contributed by atoms with Gasteiger partial charge in [0.2, 0.25) is 0 Å². The van der Waals surface area contributed by atoms with Crippen molar-refractivity contribution < 1.29 is 9.15 Å². The van der Waals surface area contributed by atoms with Crippen molar-refractivity contribution in [2.75, 3.05) is 5.73 Å². The molecule has 0 saturated heterocycles. The first-order valence-corrected chi connectivity index (χ1v) is 7.28. The lowest BCUT2D eigenvalue weighted by atomic mass is 9.95. The molecule has 5 rings (SSSR count). The molecule has 1 atom stereocenters. The fourth-order valence-electron chi connectivity index (χ4n) is 3.36. The second kappa shape index (κ2) is 3.85. The lowest BCUT2D eigenvalue weighted by Crippen LogP contribution is -2.18. The maximum absolute atomic E-state index is 6.08. The summed E-state index contributed by atoms with van der Waals surface area (Å²) < 4.78 is 12.0. The summed E-state index contributed by atoms with van der Waals surface area (Å²) in [5, 5.41) is 2.10. The van der Waals surface area contributed by atoms with Crippen LogP contribution in [0.2, 0.25) is 0 Å². The fourth-order valence-corrected chi connectivity index (χ4v) is 3.36. The van der Waals surface area contributed by atoms with Gasteiger partial charge in [-0.15, -0.1) is 0 Å². The zero-order valence-electron chi connectivity index (χ0n) is 11.8. The molecule has 1 aromatic heterocycles. The number of allylic oxidation sites excluding steroid dienone is 2. The van der Waals surface area contributed by atoms with E-state index in [-0.39, 0.29) is 6.10 Å². The molecule has 22 heavy (non-hydrogen) atoms. The maximum Gasteiger partial charge on any atom is 0.137 e. The first-order chi connectivity index (χ1) is 10.7. The summed E-state index contributed by atoms with van der Waals surface area (Å²) in [6, 6.07) is 9.85. The Hall–Kier alpha value is -2.88. The second-order valence-electron chi connectivity index (χ2n) is 5.88. The highest BCUT2D eigenvalue weighted by Gasteiger charge is 2.31. The monoisotopic (exact) mass is 290 g/mol. The predicted octanol–water partition coefficient (Wildman–Crippen LogP) is 3.56. The van der Waals surface area contributed by atoms with Crippen molar-refractivity contribution in [3.63, 3.8) is 0 Å². The molecule has 0 bridgehead atoms. The summed E-state index contributed by atoms with van der Waals surface area (Å²) in [4.78, 5) is 0. The number of rotatable bonds is 0. The van der Waals surface area contributed by atoms with E-state index in [9.17, 15) is 0 Å². The second-order valence-corrected chi connectivity index (χ2v) is 5.88. The Bertz CT molecular complexity index is 1010. The molecule has 1 aliphatic heterocycles. The third-order valence-corrected chi connectivity index (χ3v) is 4.42. The topological polar surface area (TPSA) is 74.4 Å². The molecule has 108 valence electrons. The minimum atomic E-state index is 0.0217. The van der Waals surface area contributed by atoms with Gasteiger partial charge in [-0.2, -0.15) is 0 Å². The summed E-state index contributed by atoms with van der Waals surface area (Å²) in [6.07, 6.45) is 4.75. The van der Waals surface area contributed by atoms with Crippen molar-refractivity contribution in [3.05, 3.63) is 53.7 Å². The Morgan fingerprint density at radius 2 is 1.82 bits per heavy atom. The Morgan fingerprint density at radius 3 is 2.73 bits per heavy atom. The van der Waals surface area contributed by atoms with Gasteiger partial charge in [-0.1, -0.05) is 6.08 Å². The molecule has 2 aliphatic rings. The lowest BCUT2D eigenvalue weighted by Gasteiger charge is -2.15. The molecule has 0 amide bonds. The van der Waals surface area contributed by atoms with Gasteiger partial charge in [0, 0.05) is 45.8 Å². The zero-order chi connectivity index (χ0) is 14.8. The summed E-state index contributed by atoms with van der Waals surface area (Å²) in [5.41, 5.74) is 17.2. The van der Waals surface area contributed by atoms with Crippen molar-refractivity contribution in [3.8, 4) is 5.75 Å². The van der Waals surface area contributed by atoms with Gasteiger partial charge < -0.3 is 20.6 Å². The standard InChI is InChI=1S/C18H14N2O2/c19-9-1-3-11-13-7-18-14(8-17(13)21-15(11)5-9)12-4-2-10(20)6-16(12)22-18/h1-5,7-8,16H,6,19-20H2. The largest absolute Gasteiger partial charge is 0.485 e. The Balaban J connectivity index is 1.78. The Labute approximate surface area is 126 Å². The third kappa shape index (κ3) is 1.46. The van der Waals surface area contributed by atoms with Crippen LogP contribution in [0.3, 0.4) is 0 Å². The van der Waals surface area contributed by atoms with E-state index in [0.717, 1.165) is 45.4 Å². The van der Waals surface area contributed by atoms with Crippen LogP contribution in [0.4, 0.5) is 5.69 Å². The highest BCUT2D eigenvalue weighted by Crippen LogP contribution is 2.45. The molecule has 4 N–H and O–H groups in total. The van der Waals surface area contributed by atoms with Gasteiger partial charge in [0.1, 0.15) is 23.0 Å². The molecule has 3 aromatic rings. The summed E-state index contributed by atoms with van der Waals surface area (Å²) >= 11 is 0. The molecule has 1 aliphatic carbocycles. The molecular formula is C18H14N2O2. The van der Waals surface area contributed by atoms with Crippen LogP contribution in [0.25, 0.3) is 27.5 Å². The number of anilines is 1. The first kappa shape index (κ1) is 11.7. The van der Waals surface area contributed by atoms with Crippen LogP contribution in [0.15, 0.2) is 52.6 Å².